The Morgan fingerprint density at radius 2 is 1.27 bits per heavy atom. The molecular weight excluding hydrogens is 839 g/mol. The van der Waals surface area contributed by atoms with E-state index in [1.807, 2.05) is 54.1 Å². The van der Waals surface area contributed by atoms with Gasteiger partial charge in [-0.25, -0.2) is 45.0 Å². The Hall–Kier alpha value is -4.92. The molecule has 0 unspecified atom stereocenters. The van der Waals surface area contributed by atoms with Crippen molar-refractivity contribution >= 4 is 53.0 Å². The molecule has 0 fully saturated rings. The number of halogens is 2. The summed E-state index contributed by atoms with van der Waals surface area (Å²) in [5.41, 5.74) is 4.50. The minimum atomic E-state index is -3.85. The zero-order valence-corrected chi connectivity index (χ0v) is 35.8. The van der Waals surface area contributed by atoms with Crippen molar-refractivity contribution in [1.29, 1.82) is 0 Å². The quantitative estimate of drug-likeness (QED) is 0.0514. The number of sulfonamides is 2. The van der Waals surface area contributed by atoms with Crippen LogP contribution < -0.4 is 24.8 Å². The van der Waals surface area contributed by atoms with Crippen LogP contribution in [0.3, 0.4) is 0 Å². The summed E-state index contributed by atoms with van der Waals surface area (Å²) in [7, 11) is -5.96. The number of methoxy groups -OCH3 is 1. The van der Waals surface area contributed by atoms with E-state index in [9.17, 15) is 25.6 Å². The van der Waals surface area contributed by atoms with Gasteiger partial charge in [0.05, 0.1) is 23.4 Å². The van der Waals surface area contributed by atoms with Gasteiger partial charge in [0.15, 0.2) is 21.9 Å². The number of hydrogen-bond donors (Lipinski definition) is 4. The van der Waals surface area contributed by atoms with E-state index in [1.54, 1.807) is 42.1 Å². The molecular formula is C40H46F2N8O5S4. The van der Waals surface area contributed by atoms with Crippen molar-refractivity contribution in [3.8, 4) is 28.4 Å². The van der Waals surface area contributed by atoms with Gasteiger partial charge in [-0.1, -0.05) is 25.0 Å². The molecule has 0 aliphatic heterocycles. The minimum absolute atomic E-state index is 0.181. The molecule has 0 aliphatic carbocycles. The summed E-state index contributed by atoms with van der Waals surface area (Å²) in [5.74, 6) is -1.91. The highest BCUT2D eigenvalue weighted by Gasteiger charge is 2.19. The summed E-state index contributed by atoms with van der Waals surface area (Å²) < 4.78 is 85.6. The van der Waals surface area contributed by atoms with E-state index < -0.39 is 31.7 Å². The molecule has 2 aromatic carbocycles. The Bertz CT molecular complexity index is 2440. The highest BCUT2D eigenvalue weighted by Crippen LogP contribution is 2.26. The number of aryl methyl sites for hydroxylation is 1. The summed E-state index contributed by atoms with van der Waals surface area (Å²) in [6, 6.07) is 17.2. The normalized spacial score (nSPS) is 11.5. The Labute approximate surface area is 351 Å². The Kier molecular flexibility index (Phi) is 17.2. The third-order valence-corrected chi connectivity index (χ3v) is 13.1. The van der Waals surface area contributed by atoms with Crippen LogP contribution in [0.5, 0.6) is 5.75 Å². The lowest BCUT2D eigenvalue weighted by Crippen LogP contribution is -2.25. The van der Waals surface area contributed by atoms with Crippen molar-refractivity contribution in [3.05, 3.63) is 113 Å². The number of nitrogens with zero attached hydrogens (tertiary/aromatic N) is 4. The molecule has 0 bridgehead atoms. The van der Waals surface area contributed by atoms with Gasteiger partial charge in [0.25, 0.3) is 0 Å². The first-order valence-electron chi connectivity index (χ1n) is 18.7. The molecule has 13 nitrogen and oxygen atoms in total. The van der Waals surface area contributed by atoms with E-state index in [0.29, 0.717) is 31.3 Å². The molecule has 0 spiro atoms. The van der Waals surface area contributed by atoms with Crippen molar-refractivity contribution in [2.75, 3.05) is 43.9 Å². The van der Waals surface area contributed by atoms with Crippen LogP contribution >= 0.6 is 22.7 Å². The van der Waals surface area contributed by atoms with Gasteiger partial charge < -0.3 is 15.4 Å². The van der Waals surface area contributed by atoms with Crippen LogP contribution in [-0.4, -0.2) is 70.1 Å². The zero-order valence-electron chi connectivity index (χ0n) is 32.5. The first-order chi connectivity index (χ1) is 28.4. The zero-order chi connectivity index (χ0) is 42.1. The van der Waals surface area contributed by atoms with Crippen LogP contribution in [0.4, 0.5) is 19.0 Å². The molecule has 0 saturated heterocycles. The van der Waals surface area contributed by atoms with Crippen LogP contribution in [0.25, 0.3) is 22.6 Å². The monoisotopic (exact) mass is 884 g/mol. The second kappa shape index (κ2) is 22.5. The van der Waals surface area contributed by atoms with Gasteiger partial charge in [-0.3, -0.25) is 9.97 Å². The Balaban J connectivity index is 0.000000224. The number of pyridine rings is 2. The average Bonchev–Trinajstić information content (AvgIpc) is 3.92. The van der Waals surface area contributed by atoms with E-state index in [-0.39, 0.29) is 16.3 Å². The van der Waals surface area contributed by atoms with Crippen molar-refractivity contribution in [1.82, 2.24) is 29.4 Å². The third kappa shape index (κ3) is 14.1. The molecule has 0 radical (unpaired) electrons. The van der Waals surface area contributed by atoms with Crippen LogP contribution in [0, 0.1) is 18.6 Å². The molecule has 314 valence electrons. The molecule has 4 heterocycles. The number of hydrogen-bond acceptors (Lipinski definition) is 13. The Morgan fingerprint density at radius 3 is 1.90 bits per heavy atom. The lowest BCUT2D eigenvalue weighted by atomic mass is 10.2. The van der Waals surface area contributed by atoms with E-state index in [4.69, 9.17) is 4.74 Å². The molecule has 0 aliphatic rings. The van der Waals surface area contributed by atoms with Crippen molar-refractivity contribution in [2.45, 2.75) is 55.2 Å². The molecule has 0 amide bonds. The lowest BCUT2D eigenvalue weighted by molar-refractivity contribution is 0.402. The first kappa shape index (κ1) is 45.2. The maximum Gasteiger partial charge on any atom is 0.244 e. The van der Waals surface area contributed by atoms with Crippen molar-refractivity contribution < 1.29 is 30.4 Å². The predicted octanol–water partition coefficient (Wildman–Crippen LogP) is 8.13. The van der Waals surface area contributed by atoms with Gasteiger partial charge >= 0.3 is 0 Å². The summed E-state index contributed by atoms with van der Waals surface area (Å²) in [6.07, 6.45) is 10.1. The van der Waals surface area contributed by atoms with Gasteiger partial charge in [-0.2, -0.15) is 0 Å². The van der Waals surface area contributed by atoms with Crippen LogP contribution in [-0.2, 0) is 20.0 Å². The van der Waals surface area contributed by atoms with Crippen molar-refractivity contribution in [3.63, 3.8) is 0 Å². The number of anilines is 2. The second-order valence-corrected chi connectivity index (χ2v) is 18.2. The molecule has 59 heavy (non-hydrogen) atoms. The number of nitrogens with one attached hydrogen (secondary N) is 4. The molecule has 6 aromatic rings. The lowest BCUT2D eigenvalue weighted by Gasteiger charge is -2.11. The fourth-order valence-corrected chi connectivity index (χ4v) is 9.35. The molecule has 4 aromatic heterocycles. The fourth-order valence-electron chi connectivity index (χ4n) is 5.45. The molecule has 6 rings (SSSR count). The number of ether oxygens (including phenoxy) is 1. The average molecular weight is 885 g/mol. The van der Waals surface area contributed by atoms with Gasteiger partial charge in [-0.15, -0.1) is 22.7 Å². The van der Waals surface area contributed by atoms with E-state index in [1.165, 1.54) is 18.4 Å². The maximum absolute atomic E-state index is 13.2. The largest absolute Gasteiger partial charge is 0.495 e. The maximum atomic E-state index is 13.2. The SMILES string of the molecule is COc1ccc(C)cc1S(=O)(=O)NCCCCCNc1nc(-c2ccncc2)cs1.O=S(=O)(NCCCCCNc1nc(-c2ccccn2)cs1)c1ccc(F)c(F)c1. The van der Waals surface area contributed by atoms with Crippen LogP contribution in [0.1, 0.15) is 44.1 Å². The number of aromatic nitrogens is 4. The summed E-state index contributed by atoms with van der Waals surface area (Å²) in [6.45, 7) is 3.98. The topological polar surface area (TPSA) is 177 Å². The second-order valence-electron chi connectivity index (χ2n) is 13.0. The first-order valence-corrected chi connectivity index (χ1v) is 23.5. The summed E-state index contributed by atoms with van der Waals surface area (Å²) in [5, 5.41) is 12.2. The van der Waals surface area contributed by atoms with Gasteiger partial charge in [-0.05, 0) is 92.8 Å². The smallest absolute Gasteiger partial charge is 0.244 e. The fraction of sp³-hybridized carbons (Fsp3) is 0.300. The van der Waals surface area contributed by atoms with Gasteiger partial charge in [0.1, 0.15) is 16.3 Å². The van der Waals surface area contributed by atoms with Crippen LogP contribution in [0.15, 0.2) is 106 Å². The third-order valence-electron chi connectivity index (χ3n) is 8.57. The highest BCUT2D eigenvalue weighted by molar-refractivity contribution is 7.89. The standard InChI is InChI=1S/C21H26N4O3S2.C19H20F2N4O2S2/c1-16-6-7-19(28-2)20(14-16)30(26,27)24-11-5-3-4-10-23-21-25-18(15-29-21)17-8-12-22-13-9-17;20-15-8-7-14(12-16(15)21)29(26,27)24-11-4-1-3-10-23-19-25-18(13-28-19)17-6-2-5-9-22-17/h6-9,12-15,24H,3-5,10-11H2,1-2H3,(H,23,25);2,5-9,12-13,24H,1,3-4,10-11H2,(H,23,25). The molecule has 19 heteroatoms. The number of thiazole rings is 2. The van der Waals surface area contributed by atoms with Crippen molar-refractivity contribution in [2.24, 2.45) is 0 Å². The number of benzene rings is 2. The van der Waals surface area contributed by atoms with E-state index in [2.05, 4.69) is 40.0 Å². The van der Waals surface area contributed by atoms with Gasteiger partial charge in [0.2, 0.25) is 20.0 Å². The highest BCUT2D eigenvalue weighted by atomic mass is 32.2. The molecule has 4 N–H and O–H groups in total. The van der Waals surface area contributed by atoms with Gasteiger partial charge in [0, 0.05) is 61.1 Å². The summed E-state index contributed by atoms with van der Waals surface area (Å²) >= 11 is 3.08. The van der Waals surface area contributed by atoms with Crippen LogP contribution in [0.2, 0.25) is 0 Å². The Morgan fingerprint density at radius 1 is 0.644 bits per heavy atom. The number of unbranched alkanes of at least 4 members (excludes halogenated alkanes) is 4. The minimum Gasteiger partial charge on any atom is -0.495 e. The molecule has 0 atom stereocenters. The van der Waals surface area contributed by atoms with E-state index >= 15 is 0 Å². The number of rotatable bonds is 21. The predicted molar refractivity (Wildman–Crippen MR) is 230 cm³/mol. The van der Waals surface area contributed by atoms with E-state index in [0.717, 1.165) is 89.3 Å². The summed E-state index contributed by atoms with van der Waals surface area (Å²) in [4.78, 5) is 17.2. The molecule has 0 saturated carbocycles.